The highest BCUT2D eigenvalue weighted by Gasteiger charge is 2.31. The molecule has 0 saturated heterocycles. The first-order valence-electron chi connectivity index (χ1n) is 10.0. The van der Waals surface area contributed by atoms with Crippen LogP contribution in [0.5, 0.6) is 0 Å². The summed E-state index contributed by atoms with van der Waals surface area (Å²) in [7, 11) is 1.52. The van der Waals surface area contributed by atoms with Crippen molar-refractivity contribution in [3.63, 3.8) is 0 Å². The molecule has 0 fully saturated rings. The molecule has 0 aliphatic carbocycles. The van der Waals surface area contributed by atoms with Crippen molar-refractivity contribution in [3.8, 4) is 0 Å². The Morgan fingerprint density at radius 3 is 2.44 bits per heavy atom. The van der Waals surface area contributed by atoms with Crippen molar-refractivity contribution in [1.82, 2.24) is 10.2 Å². The summed E-state index contributed by atoms with van der Waals surface area (Å²) in [5, 5.41) is 11.9. The number of aliphatic imine (C=N–C) groups is 1. The number of likely N-dealkylation sites (N-methyl/N-ethyl adjacent to an activating group) is 1. The third-order valence-electron chi connectivity index (χ3n) is 5.07. The van der Waals surface area contributed by atoms with Gasteiger partial charge in [-0.05, 0) is 23.8 Å². The summed E-state index contributed by atoms with van der Waals surface area (Å²) in [6.07, 6.45) is -0.337. The van der Waals surface area contributed by atoms with E-state index in [1.807, 2.05) is 0 Å². The fourth-order valence-electron chi connectivity index (χ4n) is 3.51. The van der Waals surface area contributed by atoms with Crippen molar-refractivity contribution in [2.75, 3.05) is 25.0 Å². The van der Waals surface area contributed by atoms with Crippen LogP contribution in [0.2, 0.25) is 0 Å². The molecular formula is C22H25ClN6O5. The van der Waals surface area contributed by atoms with Crippen LogP contribution < -0.4 is 21.7 Å². The maximum atomic E-state index is 13.2. The number of rotatable bonds is 7. The maximum absolute atomic E-state index is 13.2. The lowest BCUT2D eigenvalue weighted by molar-refractivity contribution is -0.137. The zero-order valence-electron chi connectivity index (χ0n) is 18.3. The molecule has 6 N–H and O–H groups in total. The maximum Gasteiger partial charge on any atom is 0.305 e. The van der Waals surface area contributed by atoms with E-state index in [9.17, 15) is 24.3 Å². The van der Waals surface area contributed by atoms with Crippen LogP contribution in [0.1, 0.15) is 28.4 Å². The minimum atomic E-state index is -1.09. The molecule has 0 spiro atoms. The van der Waals surface area contributed by atoms with E-state index in [0.29, 0.717) is 16.9 Å². The average Bonchev–Trinajstić information content (AvgIpc) is 2.84. The number of benzene rings is 2. The number of carbonyl (C=O) groups is 4. The SMILES string of the molecule is CN1C(=O)CN(CC(=O)N[C@H](CC(=O)O)c2ccccc2)C(=O)c2cc(N=C(N)N)ccc21.Cl. The van der Waals surface area contributed by atoms with Crippen molar-refractivity contribution in [2.45, 2.75) is 12.5 Å². The second-order valence-electron chi connectivity index (χ2n) is 7.48. The van der Waals surface area contributed by atoms with Gasteiger partial charge in [0.25, 0.3) is 5.91 Å². The number of carboxylic acid groups (broad SMARTS) is 1. The first-order valence-corrected chi connectivity index (χ1v) is 10.0. The number of hydrogen-bond donors (Lipinski definition) is 4. The van der Waals surface area contributed by atoms with E-state index >= 15 is 0 Å². The van der Waals surface area contributed by atoms with E-state index in [0.717, 1.165) is 4.90 Å². The van der Waals surface area contributed by atoms with Gasteiger partial charge in [-0.3, -0.25) is 19.2 Å². The fraction of sp³-hybridized carbons (Fsp3) is 0.227. The summed E-state index contributed by atoms with van der Waals surface area (Å²) in [5.74, 6) is -2.83. The van der Waals surface area contributed by atoms with Gasteiger partial charge in [0.05, 0.1) is 29.4 Å². The lowest BCUT2D eigenvalue weighted by Gasteiger charge is -2.22. The van der Waals surface area contributed by atoms with Gasteiger partial charge in [0, 0.05) is 7.05 Å². The molecule has 0 saturated carbocycles. The van der Waals surface area contributed by atoms with Crippen LogP contribution >= 0.6 is 12.4 Å². The Morgan fingerprint density at radius 1 is 1.15 bits per heavy atom. The zero-order chi connectivity index (χ0) is 24.1. The number of carboxylic acids is 1. The van der Waals surface area contributed by atoms with Crippen molar-refractivity contribution >= 4 is 53.4 Å². The molecule has 180 valence electrons. The van der Waals surface area contributed by atoms with E-state index in [4.69, 9.17) is 11.5 Å². The van der Waals surface area contributed by atoms with Crippen LogP contribution in [-0.2, 0) is 14.4 Å². The molecule has 12 heteroatoms. The molecule has 3 amide bonds. The van der Waals surface area contributed by atoms with E-state index in [1.165, 1.54) is 18.0 Å². The number of hydrogen-bond acceptors (Lipinski definition) is 5. The van der Waals surface area contributed by atoms with Gasteiger partial charge < -0.3 is 31.7 Å². The van der Waals surface area contributed by atoms with Gasteiger partial charge in [0.15, 0.2) is 5.96 Å². The Morgan fingerprint density at radius 2 is 1.82 bits per heavy atom. The van der Waals surface area contributed by atoms with Gasteiger partial charge in [0.2, 0.25) is 11.8 Å². The normalized spacial score (nSPS) is 13.8. The van der Waals surface area contributed by atoms with Crippen LogP contribution in [-0.4, -0.2) is 59.8 Å². The Labute approximate surface area is 201 Å². The molecule has 3 rings (SSSR count). The molecule has 11 nitrogen and oxygen atoms in total. The third-order valence-corrected chi connectivity index (χ3v) is 5.07. The lowest BCUT2D eigenvalue weighted by atomic mass is 10.0. The summed E-state index contributed by atoms with van der Waals surface area (Å²) in [5.41, 5.74) is 12.3. The Balaban J connectivity index is 0.00000408. The average molecular weight is 489 g/mol. The van der Waals surface area contributed by atoms with E-state index in [-0.39, 0.29) is 36.9 Å². The number of anilines is 1. The summed E-state index contributed by atoms with van der Waals surface area (Å²) in [4.78, 5) is 56.2. The molecule has 1 aliphatic heterocycles. The zero-order valence-corrected chi connectivity index (χ0v) is 19.1. The van der Waals surface area contributed by atoms with Gasteiger partial charge in [-0.15, -0.1) is 12.4 Å². The van der Waals surface area contributed by atoms with Crippen molar-refractivity contribution < 1.29 is 24.3 Å². The molecule has 1 heterocycles. The smallest absolute Gasteiger partial charge is 0.305 e. The number of fused-ring (bicyclic) bond motifs is 1. The number of nitrogens with zero attached hydrogens (tertiary/aromatic N) is 3. The predicted molar refractivity (Wildman–Crippen MR) is 128 cm³/mol. The number of nitrogens with two attached hydrogens (primary N) is 2. The van der Waals surface area contributed by atoms with E-state index < -0.39 is 36.3 Å². The number of nitrogens with one attached hydrogen (secondary N) is 1. The molecule has 34 heavy (non-hydrogen) atoms. The molecule has 0 bridgehead atoms. The number of halogens is 1. The number of amides is 3. The second-order valence-corrected chi connectivity index (χ2v) is 7.48. The Hall–Kier alpha value is -4.12. The highest BCUT2D eigenvalue weighted by Crippen LogP contribution is 2.29. The van der Waals surface area contributed by atoms with Gasteiger partial charge >= 0.3 is 5.97 Å². The highest BCUT2D eigenvalue weighted by atomic mass is 35.5. The fourth-order valence-corrected chi connectivity index (χ4v) is 3.51. The molecule has 2 aromatic rings. The summed E-state index contributed by atoms with van der Waals surface area (Å²) in [6.45, 7) is -0.767. The van der Waals surface area contributed by atoms with Crippen molar-refractivity contribution in [2.24, 2.45) is 16.5 Å². The molecule has 0 radical (unpaired) electrons. The summed E-state index contributed by atoms with van der Waals surface area (Å²) in [6, 6.07) is 12.4. The number of aliphatic carboxylic acids is 1. The summed E-state index contributed by atoms with van der Waals surface area (Å²) < 4.78 is 0. The lowest BCUT2D eigenvalue weighted by Crippen LogP contribution is -2.44. The largest absolute Gasteiger partial charge is 0.481 e. The number of carbonyl (C=O) groups excluding carboxylic acids is 3. The number of guanidine groups is 1. The first kappa shape index (κ1) is 26.1. The molecule has 1 atom stereocenters. The topological polar surface area (TPSA) is 171 Å². The predicted octanol–water partition coefficient (Wildman–Crippen LogP) is 0.764. The van der Waals surface area contributed by atoms with E-state index in [2.05, 4.69) is 10.3 Å². The van der Waals surface area contributed by atoms with Gasteiger partial charge in [-0.25, -0.2) is 4.99 Å². The van der Waals surface area contributed by atoms with Gasteiger partial charge in [0.1, 0.15) is 13.1 Å². The van der Waals surface area contributed by atoms with Crippen LogP contribution in [0.4, 0.5) is 11.4 Å². The molecular weight excluding hydrogens is 464 g/mol. The minimum absolute atomic E-state index is 0. The van der Waals surface area contributed by atoms with Crippen LogP contribution in [0.25, 0.3) is 0 Å². The van der Waals surface area contributed by atoms with Gasteiger partial charge in [-0.2, -0.15) is 0 Å². The highest BCUT2D eigenvalue weighted by molar-refractivity contribution is 6.10. The Kier molecular flexibility index (Phi) is 8.57. The molecule has 2 aromatic carbocycles. The van der Waals surface area contributed by atoms with Gasteiger partial charge in [-0.1, -0.05) is 30.3 Å². The molecule has 0 aromatic heterocycles. The van der Waals surface area contributed by atoms with E-state index in [1.54, 1.807) is 42.5 Å². The first-order chi connectivity index (χ1) is 15.7. The minimum Gasteiger partial charge on any atom is -0.481 e. The van der Waals surface area contributed by atoms with Crippen LogP contribution in [0.15, 0.2) is 53.5 Å². The standard InChI is InChI=1S/C22H24N6O5.ClH/c1-27-17-8-7-14(25-22(23)24)9-15(17)21(33)28(12-19(27)30)11-18(29)26-16(10-20(31)32)13-5-3-2-4-6-13;/h2-9,16H,10-12H2,1H3,(H,26,29)(H,31,32)(H4,23,24,25);1H/t16-;/m1./s1. The molecule has 1 aliphatic rings. The second kappa shape index (κ2) is 11.1. The third kappa shape index (κ3) is 6.23. The van der Waals surface area contributed by atoms with Crippen LogP contribution in [0.3, 0.4) is 0 Å². The quantitative estimate of drug-likeness (QED) is 0.329. The monoisotopic (exact) mass is 488 g/mol. The van der Waals surface area contributed by atoms with Crippen molar-refractivity contribution in [1.29, 1.82) is 0 Å². The Bertz CT molecular complexity index is 1120. The van der Waals surface area contributed by atoms with Crippen molar-refractivity contribution in [3.05, 3.63) is 59.7 Å². The van der Waals surface area contributed by atoms with Crippen LogP contribution in [0, 0.1) is 0 Å². The summed E-state index contributed by atoms with van der Waals surface area (Å²) >= 11 is 0. The molecule has 0 unspecified atom stereocenters.